The summed E-state index contributed by atoms with van der Waals surface area (Å²) in [6, 6.07) is 10.3. The van der Waals surface area contributed by atoms with Gasteiger partial charge in [0.25, 0.3) is 0 Å². The van der Waals surface area contributed by atoms with Crippen molar-refractivity contribution in [2.24, 2.45) is 0 Å². The number of fused-ring (bicyclic) bond motifs is 1. The van der Waals surface area contributed by atoms with Gasteiger partial charge in [0.1, 0.15) is 17.3 Å². The van der Waals surface area contributed by atoms with E-state index in [0.717, 1.165) is 22.6 Å². The van der Waals surface area contributed by atoms with Crippen molar-refractivity contribution < 1.29 is 9.13 Å². The number of benzene rings is 1. The van der Waals surface area contributed by atoms with Crippen molar-refractivity contribution in [2.75, 3.05) is 12.0 Å². The summed E-state index contributed by atoms with van der Waals surface area (Å²) in [6.45, 7) is 1.24. The molecule has 3 aromatic rings. The third-order valence-electron chi connectivity index (χ3n) is 4.01. The molecule has 0 radical (unpaired) electrons. The van der Waals surface area contributed by atoms with Crippen molar-refractivity contribution in [1.82, 2.24) is 15.0 Å². The fourth-order valence-corrected chi connectivity index (χ4v) is 2.80. The molecule has 0 aliphatic carbocycles. The molecular formula is C18H15FN4O. The minimum Gasteiger partial charge on any atom is -0.497 e. The topological polar surface area (TPSA) is 51.1 Å². The Balaban J connectivity index is 1.64. The Morgan fingerprint density at radius 2 is 2.04 bits per heavy atom. The molecule has 0 saturated heterocycles. The van der Waals surface area contributed by atoms with Gasteiger partial charge in [-0.05, 0) is 18.2 Å². The third kappa shape index (κ3) is 2.67. The molecule has 1 aliphatic heterocycles. The Morgan fingerprint density at radius 1 is 1.12 bits per heavy atom. The highest BCUT2D eigenvalue weighted by molar-refractivity contribution is 5.55. The zero-order valence-electron chi connectivity index (χ0n) is 13.1. The number of hydrogen-bond donors (Lipinski definition) is 0. The van der Waals surface area contributed by atoms with Crippen molar-refractivity contribution in [3.8, 4) is 17.3 Å². The highest BCUT2D eigenvalue weighted by Crippen LogP contribution is 2.30. The van der Waals surface area contributed by atoms with E-state index in [1.54, 1.807) is 6.20 Å². The summed E-state index contributed by atoms with van der Waals surface area (Å²) in [5.41, 5.74) is 3.49. The van der Waals surface area contributed by atoms with E-state index in [-0.39, 0.29) is 5.82 Å². The Kier molecular flexibility index (Phi) is 3.57. The van der Waals surface area contributed by atoms with Crippen LogP contribution in [0, 0.1) is 5.82 Å². The molecule has 0 bridgehead atoms. The van der Waals surface area contributed by atoms with E-state index < -0.39 is 0 Å². The Hall–Kier alpha value is -3.02. The van der Waals surface area contributed by atoms with Crippen LogP contribution in [0.4, 0.5) is 10.1 Å². The largest absolute Gasteiger partial charge is 0.497 e. The second-order valence-electron chi connectivity index (χ2n) is 5.59. The van der Waals surface area contributed by atoms with Crippen molar-refractivity contribution in [3.63, 3.8) is 0 Å². The fraction of sp³-hybridized carbons (Fsp3) is 0.167. The predicted octanol–water partition coefficient (Wildman–Crippen LogP) is 3.21. The Morgan fingerprint density at radius 3 is 2.83 bits per heavy atom. The summed E-state index contributed by atoms with van der Waals surface area (Å²) in [7, 11) is 1.53. The van der Waals surface area contributed by atoms with Gasteiger partial charge in [-0.15, -0.1) is 0 Å². The van der Waals surface area contributed by atoms with Gasteiger partial charge >= 0.3 is 0 Å². The van der Waals surface area contributed by atoms with Crippen molar-refractivity contribution in [3.05, 3.63) is 65.9 Å². The quantitative estimate of drug-likeness (QED) is 0.741. The van der Waals surface area contributed by atoms with Gasteiger partial charge in [0.05, 0.1) is 19.3 Å². The zero-order chi connectivity index (χ0) is 16.5. The zero-order valence-corrected chi connectivity index (χ0v) is 13.1. The maximum atomic E-state index is 13.7. The summed E-state index contributed by atoms with van der Waals surface area (Å²) in [6.07, 6.45) is 3.54. The smallest absolute Gasteiger partial charge is 0.178 e. The SMILES string of the molecule is COc1cc(F)cc(N2Cc3cnc(-c4ccccn4)nc3C2)c1. The minimum absolute atomic E-state index is 0.319. The van der Waals surface area contributed by atoms with E-state index in [0.29, 0.717) is 24.7 Å². The van der Waals surface area contributed by atoms with E-state index in [1.807, 2.05) is 35.4 Å². The van der Waals surface area contributed by atoms with Gasteiger partial charge in [-0.3, -0.25) is 4.98 Å². The van der Waals surface area contributed by atoms with Gasteiger partial charge in [0.2, 0.25) is 0 Å². The van der Waals surface area contributed by atoms with Crippen molar-refractivity contribution in [2.45, 2.75) is 13.1 Å². The highest BCUT2D eigenvalue weighted by Gasteiger charge is 2.23. The lowest BCUT2D eigenvalue weighted by molar-refractivity contribution is 0.411. The van der Waals surface area contributed by atoms with Crippen LogP contribution < -0.4 is 9.64 Å². The van der Waals surface area contributed by atoms with E-state index in [4.69, 9.17) is 4.74 Å². The van der Waals surface area contributed by atoms with Crippen LogP contribution in [0.25, 0.3) is 11.5 Å². The molecule has 24 heavy (non-hydrogen) atoms. The maximum Gasteiger partial charge on any atom is 0.178 e. The molecule has 0 N–H and O–H groups in total. The first-order valence-corrected chi connectivity index (χ1v) is 7.58. The lowest BCUT2D eigenvalue weighted by Gasteiger charge is -2.18. The number of pyridine rings is 1. The molecule has 0 atom stereocenters. The van der Waals surface area contributed by atoms with E-state index in [1.165, 1.54) is 19.2 Å². The summed E-state index contributed by atoms with van der Waals surface area (Å²) >= 11 is 0. The van der Waals surface area contributed by atoms with Crippen LogP contribution in [0.3, 0.4) is 0 Å². The molecule has 0 spiro atoms. The number of halogens is 1. The summed E-state index contributed by atoms with van der Waals surface area (Å²) < 4.78 is 18.9. The van der Waals surface area contributed by atoms with Crippen LogP contribution in [0.5, 0.6) is 5.75 Å². The Bertz CT molecular complexity index is 885. The third-order valence-corrected chi connectivity index (χ3v) is 4.01. The molecule has 6 heteroatoms. The summed E-state index contributed by atoms with van der Waals surface area (Å²) in [5.74, 6) is 0.787. The van der Waals surface area contributed by atoms with Crippen LogP contribution >= 0.6 is 0 Å². The number of ether oxygens (including phenoxy) is 1. The summed E-state index contributed by atoms with van der Waals surface area (Å²) in [5, 5.41) is 0. The van der Waals surface area contributed by atoms with Gasteiger partial charge in [0, 0.05) is 42.3 Å². The van der Waals surface area contributed by atoms with Crippen LogP contribution in [-0.2, 0) is 13.1 Å². The number of rotatable bonds is 3. The monoisotopic (exact) mass is 322 g/mol. The number of nitrogens with zero attached hydrogens (tertiary/aromatic N) is 4. The predicted molar refractivity (Wildman–Crippen MR) is 88.1 cm³/mol. The molecule has 2 aromatic heterocycles. The average molecular weight is 322 g/mol. The van der Waals surface area contributed by atoms with E-state index in [9.17, 15) is 4.39 Å². The second-order valence-corrected chi connectivity index (χ2v) is 5.59. The van der Waals surface area contributed by atoms with Crippen LogP contribution in [0.2, 0.25) is 0 Å². The Labute approximate surface area is 138 Å². The lowest BCUT2D eigenvalue weighted by atomic mass is 10.2. The first-order chi connectivity index (χ1) is 11.7. The number of hydrogen-bond acceptors (Lipinski definition) is 5. The molecule has 0 saturated carbocycles. The van der Waals surface area contributed by atoms with Gasteiger partial charge in [-0.2, -0.15) is 0 Å². The van der Waals surface area contributed by atoms with Crippen LogP contribution in [-0.4, -0.2) is 22.1 Å². The van der Waals surface area contributed by atoms with Crippen molar-refractivity contribution >= 4 is 5.69 Å². The minimum atomic E-state index is -0.319. The van der Waals surface area contributed by atoms with Crippen LogP contribution in [0.15, 0.2) is 48.8 Å². The highest BCUT2D eigenvalue weighted by atomic mass is 19.1. The first-order valence-electron chi connectivity index (χ1n) is 7.58. The van der Waals surface area contributed by atoms with Gasteiger partial charge in [0.15, 0.2) is 5.82 Å². The number of methoxy groups -OCH3 is 1. The van der Waals surface area contributed by atoms with Crippen molar-refractivity contribution in [1.29, 1.82) is 0 Å². The molecule has 5 nitrogen and oxygen atoms in total. The average Bonchev–Trinajstić information content (AvgIpc) is 3.05. The molecule has 3 heterocycles. The fourth-order valence-electron chi connectivity index (χ4n) is 2.80. The first kappa shape index (κ1) is 14.6. The summed E-state index contributed by atoms with van der Waals surface area (Å²) in [4.78, 5) is 15.4. The molecule has 0 unspecified atom stereocenters. The number of aromatic nitrogens is 3. The van der Waals surface area contributed by atoms with E-state index >= 15 is 0 Å². The molecule has 120 valence electrons. The molecule has 4 rings (SSSR count). The molecule has 1 aliphatic rings. The normalized spacial score (nSPS) is 13.0. The molecule has 0 fully saturated rings. The standard InChI is InChI=1S/C18H15FN4O/c1-24-15-7-13(19)6-14(8-15)23-10-12-9-21-18(22-17(12)11-23)16-4-2-3-5-20-16/h2-9H,10-11H2,1H3. The van der Waals surface area contributed by atoms with Gasteiger partial charge < -0.3 is 9.64 Å². The number of anilines is 1. The molecular weight excluding hydrogens is 307 g/mol. The molecule has 0 amide bonds. The van der Waals surface area contributed by atoms with Crippen LogP contribution in [0.1, 0.15) is 11.3 Å². The lowest BCUT2D eigenvalue weighted by Crippen LogP contribution is -2.14. The van der Waals surface area contributed by atoms with Gasteiger partial charge in [-0.25, -0.2) is 14.4 Å². The second kappa shape index (κ2) is 5.88. The molecule has 1 aromatic carbocycles. The van der Waals surface area contributed by atoms with Gasteiger partial charge in [-0.1, -0.05) is 6.07 Å². The maximum absolute atomic E-state index is 13.7. The van der Waals surface area contributed by atoms with E-state index in [2.05, 4.69) is 15.0 Å².